The lowest BCUT2D eigenvalue weighted by Gasteiger charge is -2.22. The molecule has 1 aliphatic heterocycles. The van der Waals surface area contributed by atoms with Gasteiger partial charge in [0.1, 0.15) is 11.1 Å². The summed E-state index contributed by atoms with van der Waals surface area (Å²) in [5, 5.41) is 2.55. The second-order valence-electron chi connectivity index (χ2n) is 8.20. The quantitative estimate of drug-likeness (QED) is 0.600. The molecule has 1 N–H and O–H groups in total. The van der Waals surface area contributed by atoms with E-state index in [4.69, 9.17) is 14.2 Å². The molecule has 2 aromatic heterocycles. The first-order chi connectivity index (χ1) is 14.7. The van der Waals surface area contributed by atoms with E-state index >= 15 is 0 Å². The van der Waals surface area contributed by atoms with Gasteiger partial charge in [-0.2, -0.15) is 0 Å². The van der Waals surface area contributed by atoms with Gasteiger partial charge in [-0.1, -0.05) is 24.3 Å². The van der Waals surface area contributed by atoms with E-state index in [1.165, 1.54) is 10.2 Å². The van der Waals surface area contributed by atoms with Crippen molar-refractivity contribution in [1.82, 2.24) is 13.9 Å². The molecule has 4 rings (SSSR count). The predicted octanol–water partition coefficient (Wildman–Crippen LogP) is 5.05. The van der Waals surface area contributed by atoms with Crippen LogP contribution in [0.2, 0.25) is 0 Å². The van der Waals surface area contributed by atoms with Gasteiger partial charge < -0.3 is 14.2 Å². The highest BCUT2D eigenvalue weighted by molar-refractivity contribution is 7.93. The minimum atomic E-state index is -0.772. The molecule has 0 aliphatic carbocycles. The summed E-state index contributed by atoms with van der Waals surface area (Å²) in [5.41, 5.74) is 2.38. The van der Waals surface area contributed by atoms with Crippen LogP contribution < -0.4 is 5.32 Å². The van der Waals surface area contributed by atoms with Gasteiger partial charge in [0.05, 0.1) is 25.1 Å². The van der Waals surface area contributed by atoms with Crippen molar-refractivity contribution in [2.24, 2.45) is 0 Å². The average molecular weight is 447 g/mol. The maximum atomic E-state index is 13.8. The molecule has 3 heterocycles. The first kappa shape index (κ1) is 21.5. The van der Waals surface area contributed by atoms with Crippen molar-refractivity contribution in [3.63, 3.8) is 0 Å². The molecule has 8 nitrogen and oxygen atoms in total. The van der Waals surface area contributed by atoms with Crippen molar-refractivity contribution < 1.29 is 22.9 Å². The summed E-state index contributed by atoms with van der Waals surface area (Å²) in [6.45, 7) is 8.26. The first-order valence-electron chi connectivity index (χ1n) is 9.75. The van der Waals surface area contributed by atoms with Gasteiger partial charge in [-0.15, -0.1) is 3.89 Å². The molecule has 1 amide bonds. The Balaban J connectivity index is 1.63. The molecule has 10 heteroatoms. The second-order valence-corrected chi connectivity index (χ2v) is 8.71. The Morgan fingerprint density at radius 1 is 1.26 bits per heavy atom. The summed E-state index contributed by atoms with van der Waals surface area (Å²) < 4.78 is 31.7. The molecule has 0 bridgehead atoms. The number of aromatic nitrogens is 3. The Hall–Kier alpha value is -2.69. The van der Waals surface area contributed by atoms with E-state index < -0.39 is 17.5 Å². The maximum Gasteiger partial charge on any atom is 0.413 e. The van der Waals surface area contributed by atoms with Crippen molar-refractivity contribution >= 4 is 35.4 Å². The largest absolute Gasteiger partial charge is 0.444 e. The number of ether oxygens (including phenoxy) is 3. The Labute approximate surface area is 183 Å². The lowest BCUT2D eigenvalue weighted by atomic mass is 10.0. The van der Waals surface area contributed by atoms with Gasteiger partial charge in [-0.3, -0.25) is 5.32 Å². The Morgan fingerprint density at radius 3 is 2.55 bits per heavy atom. The summed E-state index contributed by atoms with van der Waals surface area (Å²) in [6.07, 6.45) is 0.725. The average Bonchev–Trinajstić information content (AvgIpc) is 3.30. The van der Waals surface area contributed by atoms with E-state index in [0.29, 0.717) is 30.1 Å². The molecule has 0 saturated carbocycles. The van der Waals surface area contributed by atoms with Crippen LogP contribution in [0.5, 0.6) is 0 Å². The summed E-state index contributed by atoms with van der Waals surface area (Å²) >= 11 is 0.0356. The first-order valence-corrected chi connectivity index (χ1v) is 10.4. The highest BCUT2D eigenvalue weighted by Crippen LogP contribution is 2.35. The van der Waals surface area contributed by atoms with E-state index in [1.807, 2.05) is 31.2 Å². The standard InChI is InChI=1S/C21H23FN4O4S/c1-20(2,3)30-19(27)25-17-12-23-18-15(24-17)11-16(26(18)31-22)13-5-7-14(8-6-13)21(4)28-9-10-29-21/h5-8,11-12H,9-10H2,1-4H3,(H,24,25,27). The number of benzene rings is 1. The van der Waals surface area contributed by atoms with Gasteiger partial charge >= 0.3 is 6.09 Å². The smallest absolute Gasteiger partial charge is 0.413 e. The Morgan fingerprint density at radius 2 is 1.94 bits per heavy atom. The molecule has 1 fully saturated rings. The van der Waals surface area contributed by atoms with Crippen LogP contribution in [-0.4, -0.2) is 38.8 Å². The number of anilines is 1. The number of rotatable bonds is 4. The van der Waals surface area contributed by atoms with Gasteiger partial charge in [0.25, 0.3) is 0 Å². The monoisotopic (exact) mass is 446 g/mol. The summed E-state index contributed by atoms with van der Waals surface area (Å²) in [5.74, 6) is -0.557. The fraction of sp³-hybridized carbons (Fsp3) is 0.381. The summed E-state index contributed by atoms with van der Waals surface area (Å²) in [4.78, 5) is 20.6. The number of hydrogen-bond donors (Lipinski definition) is 1. The number of hydrogen-bond acceptors (Lipinski definition) is 7. The molecule has 0 atom stereocenters. The topological polar surface area (TPSA) is 87.5 Å². The molecule has 0 spiro atoms. The van der Waals surface area contributed by atoms with Crippen molar-refractivity contribution in [3.8, 4) is 11.3 Å². The zero-order valence-corrected chi connectivity index (χ0v) is 18.5. The normalized spacial score (nSPS) is 15.9. The molecule has 0 unspecified atom stereocenters. The number of carbonyl (C=O) groups is 1. The number of nitrogens with one attached hydrogen (secondary N) is 1. The molecular formula is C21H23FN4O4S. The minimum Gasteiger partial charge on any atom is -0.444 e. The summed E-state index contributed by atoms with van der Waals surface area (Å²) in [7, 11) is 0. The van der Waals surface area contributed by atoms with E-state index in [-0.39, 0.29) is 18.2 Å². The lowest BCUT2D eigenvalue weighted by Crippen LogP contribution is -2.27. The van der Waals surface area contributed by atoms with Crippen LogP contribution in [0.3, 0.4) is 0 Å². The van der Waals surface area contributed by atoms with E-state index in [2.05, 4.69) is 15.3 Å². The van der Waals surface area contributed by atoms with Crippen molar-refractivity contribution in [1.29, 1.82) is 0 Å². The second kappa shape index (κ2) is 8.10. The molecule has 164 valence electrons. The van der Waals surface area contributed by atoms with Gasteiger partial charge in [-0.05, 0) is 39.3 Å². The van der Waals surface area contributed by atoms with Crippen molar-refractivity contribution in [3.05, 3.63) is 42.1 Å². The van der Waals surface area contributed by atoms with Gasteiger partial charge in [0, 0.05) is 5.56 Å². The molecular weight excluding hydrogens is 423 g/mol. The Kier molecular flexibility index (Phi) is 5.63. The van der Waals surface area contributed by atoms with Crippen molar-refractivity contribution in [2.45, 2.75) is 39.1 Å². The molecule has 1 saturated heterocycles. The predicted molar refractivity (Wildman–Crippen MR) is 116 cm³/mol. The molecule has 3 aromatic rings. The summed E-state index contributed by atoms with van der Waals surface area (Å²) in [6, 6.07) is 9.23. The molecule has 1 aliphatic rings. The number of carbonyl (C=O) groups excluding carboxylic acids is 1. The molecule has 31 heavy (non-hydrogen) atoms. The van der Waals surface area contributed by atoms with Gasteiger partial charge in [0.2, 0.25) is 0 Å². The third kappa shape index (κ3) is 4.51. The third-order valence-corrected chi connectivity index (χ3v) is 5.21. The van der Waals surface area contributed by atoms with Crippen LogP contribution in [0.1, 0.15) is 33.3 Å². The van der Waals surface area contributed by atoms with Gasteiger partial charge in [0.15, 0.2) is 29.6 Å². The fourth-order valence-corrected chi connectivity index (χ4v) is 3.75. The van der Waals surface area contributed by atoms with Crippen LogP contribution >= 0.6 is 12.3 Å². The number of amides is 1. The van der Waals surface area contributed by atoms with E-state index in [0.717, 1.165) is 11.1 Å². The van der Waals surface area contributed by atoms with Crippen LogP contribution in [0.4, 0.5) is 14.5 Å². The van der Waals surface area contributed by atoms with Gasteiger partial charge in [-0.25, -0.2) is 18.7 Å². The van der Waals surface area contributed by atoms with Crippen LogP contribution in [0.25, 0.3) is 22.4 Å². The minimum absolute atomic E-state index is 0.0356. The fourth-order valence-electron chi connectivity index (χ4n) is 3.32. The number of nitrogens with zero attached hydrogens (tertiary/aromatic N) is 3. The van der Waals surface area contributed by atoms with E-state index in [9.17, 15) is 8.68 Å². The van der Waals surface area contributed by atoms with Crippen LogP contribution in [-0.2, 0) is 20.0 Å². The lowest BCUT2D eigenvalue weighted by molar-refractivity contribution is -0.149. The Bertz CT molecular complexity index is 1110. The zero-order chi connectivity index (χ0) is 22.2. The van der Waals surface area contributed by atoms with Crippen LogP contribution in [0.15, 0.2) is 36.5 Å². The van der Waals surface area contributed by atoms with E-state index in [1.54, 1.807) is 26.8 Å². The highest BCUT2D eigenvalue weighted by Gasteiger charge is 2.33. The molecule has 1 aromatic carbocycles. The third-order valence-electron chi connectivity index (χ3n) is 4.71. The highest BCUT2D eigenvalue weighted by atomic mass is 32.2. The SMILES string of the molecule is CC(C)(C)OC(=O)Nc1cnc2c(cc(-c3ccc(C4(C)OCCO4)cc3)n2SF)n1. The zero-order valence-electron chi connectivity index (χ0n) is 17.6. The number of halogens is 1. The van der Waals surface area contributed by atoms with Crippen molar-refractivity contribution in [2.75, 3.05) is 18.5 Å². The number of fused-ring (bicyclic) bond motifs is 1. The molecule has 0 radical (unpaired) electrons. The van der Waals surface area contributed by atoms with Crippen LogP contribution in [0, 0.1) is 0 Å². The maximum absolute atomic E-state index is 13.8.